The number of carbonyl (C=O) groups is 2. The molecule has 0 bridgehead atoms. The largest absolute Gasteiger partial charge is 1.00 e. The van der Waals surface area contributed by atoms with Crippen molar-refractivity contribution < 1.29 is 122 Å². The number of ether oxygens (including phenoxy) is 1. The van der Waals surface area contributed by atoms with E-state index in [2.05, 4.69) is 37.3 Å². The minimum atomic E-state index is -5.79. The molecule has 0 aliphatic carbocycles. The van der Waals surface area contributed by atoms with Gasteiger partial charge in [0.1, 0.15) is 6.61 Å². The summed E-state index contributed by atoms with van der Waals surface area (Å²) in [5, 5.41) is -1.71. The zero-order valence-corrected chi connectivity index (χ0v) is 33.3. The molecule has 256 valence electrons. The molecular formula is C24H46ClF4NNa2O10S2. The van der Waals surface area contributed by atoms with Crippen molar-refractivity contribution in [2.45, 2.75) is 109 Å². The summed E-state index contributed by atoms with van der Waals surface area (Å²) < 4.78 is 111. The minimum absolute atomic E-state index is 0. The van der Waals surface area contributed by atoms with E-state index in [0.717, 1.165) is 32.1 Å². The molecule has 0 aromatic rings. The fourth-order valence-electron chi connectivity index (χ4n) is 2.45. The number of aliphatic hydroxyl groups excluding tert-OH is 1. The molecule has 0 aliphatic rings. The third kappa shape index (κ3) is 35.7. The third-order valence-electron chi connectivity index (χ3n) is 5.12. The number of carbonyl (C=O) groups excluding carboxylic acids is 2. The van der Waals surface area contributed by atoms with Gasteiger partial charge in [-0.25, -0.2) is 16.8 Å². The number of aliphatic hydroxyl groups is 1. The first kappa shape index (κ1) is 57.2. The molecule has 11 nitrogen and oxygen atoms in total. The van der Waals surface area contributed by atoms with E-state index >= 15 is 0 Å². The standard InChI is InChI=1S/C9H16F2O5S.C7H13ClO.C6H15N.C2H4F2O4S.2Na/c1-2-3-4-5-6-8(12)16-7-9(10,11)17(13,14)15;1-2-3-4-5-6-7(8)9;1-4-7(5-2)6-3;3-2(4,1-5)9(6,7)8;;/h2-7H2,1H3,(H,13,14,15);2-6H2,1H3;4-6H2,1-3H3;5H,1H2,(H,6,7,8);;/q;;;;2*+1/p-2. The monoisotopic (exact) mass is 729 g/mol. The summed E-state index contributed by atoms with van der Waals surface area (Å²) in [7, 11) is -11.5. The van der Waals surface area contributed by atoms with Crippen molar-refractivity contribution in [3.8, 4) is 0 Å². The molecule has 0 rings (SSSR count). The van der Waals surface area contributed by atoms with Gasteiger partial charge in [-0.15, -0.1) is 0 Å². The Hall–Kier alpha value is 0.890. The van der Waals surface area contributed by atoms with E-state index in [4.69, 9.17) is 16.7 Å². The molecule has 0 aliphatic heterocycles. The summed E-state index contributed by atoms with van der Waals surface area (Å²) >= 11 is 5.12. The van der Waals surface area contributed by atoms with Crippen LogP contribution in [0.3, 0.4) is 0 Å². The van der Waals surface area contributed by atoms with E-state index in [9.17, 15) is 53.1 Å². The Labute approximate surface area is 309 Å². The van der Waals surface area contributed by atoms with Crippen LogP contribution in [-0.4, -0.2) is 90.5 Å². The normalized spacial score (nSPS) is 11.2. The maximum absolute atomic E-state index is 12.6. The van der Waals surface area contributed by atoms with Crippen LogP contribution in [0.5, 0.6) is 0 Å². The Balaban J connectivity index is -0.000000115. The number of nitrogens with zero attached hydrogens (tertiary/aromatic N) is 1. The number of alkyl halides is 4. The molecule has 0 fully saturated rings. The van der Waals surface area contributed by atoms with Crippen LogP contribution in [-0.2, 0) is 34.6 Å². The first-order valence-electron chi connectivity index (χ1n) is 13.5. The first-order chi connectivity index (χ1) is 19.1. The second-order valence-corrected chi connectivity index (χ2v) is 12.0. The van der Waals surface area contributed by atoms with Gasteiger partial charge in [0.05, 0.1) is 0 Å². The molecule has 0 radical (unpaired) electrons. The topological polar surface area (TPSA) is 181 Å². The first-order valence-corrected chi connectivity index (χ1v) is 16.7. The van der Waals surface area contributed by atoms with Crippen LogP contribution in [0, 0.1) is 0 Å². The molecule has 0 atom stereocenters. The van der Waals surface area contributed by atoms with Crippen molar-refractivity contribution in [2.24, 2.45) is 0 Å². The van der Waals surface area contributed by atoms with Gasteiger partial charge in [-0.3, -0.25) is 9.59 Å². The van der Waals surface area contributed by atoms with Gasteiger partial charge in [0.25, 0.3) is 0 Å². The molecule has 0 spiro atoms. The summed E-state index contributed by atoms with van der Waals surface area (Å²) in [4.78, 5) is 23.5. The van der Waals surface area contributed by atoms with E-state index in [-0.39, 0.29) is 70.8 Å². The Kier molecular flexibility index (Phi) is 42.2. The molecule has 0 amide bonds. The second-order valence-electron chi connectivity index (χ2n) is 8.60. The number of rotatable bonds is 18. The summed E-state index contributed by atoms with van der Waals surface area (Å²) in [5.41, 5.74) is 0. The quantitative estimate of drug-likeness (QED) is 0.0449. The van der Waals surface area contributed by atoms with E-state index < -0.39 is 49.9 Å². The third-order valence-corrected chi connectivity index (χ3v) is 7.02. The van der Waals surface area contributed by atoms with Crippen LogP contribution in [0.15, 0.2) is 0 Å². The van der Waals surface area contributed by atoms with Gasteiger partial charge in [0, 0.05) is 12.8 Å². The zero-order chi connectivity index (χ0) is 34.0. The Morgan fingerprint density at radius 3 is 1.32 bits per heavy atom. The molecule has 44 heavy (non-hydrogen) atoms. The van der Waals surface area contributed by atoms with Gasteiger partial charge in [-0.2, -0.15) is 17.6 Å². The van der Waals surface area contributed by atoms with Crippen LogP contribution >= 0.6 is 11.6 Å². The second kappa shape index (κ2) is 32.4. The number of halogens is 5. The van der Waals surface area contributed by atoms with Crippen molar-refractivity contribution in [3.63, 3.8) is 0 Å². The zero-order valence-electron chi connectivity index (χ0n) is 26.9. The van der Waals surface area contributed by atoms with E-state index in [1.807, 2.05) is 6.92 Å². The number of esters is 1. The summed E-state index contributed by atoms with van der Waals surface area (Å²) in [6.45, 7) is 10.5. The molecule has 20 heteroatoms. The van der Waals surface area contributed by atoms with Crippen molar-refractivity contribution in [1.29, 1.82) is 0 Å². The Morgan fingerprint density at radius 1 is 0.727 bits per heavy atom. The molecular weight excluding hydrogens is 684 g/mol. The minimum Gasteiger partial charge on any atom is -0.743 e. The summed E-state index contributed by atoms with van der Waals surface area (Å²) in [6, 6.07) is 0. The van der Waals surface area contributed by atoms with E-state index in [1.165, 1.54) is 32.5 Å². The maximum Gasteiger partial charge on any atom is 1.00 e. The van der Waals surface area contributed by atoms with Crippen molar-refractivity contribution in [2.75, 3.05) is 32.8 Å². The van der Waals surface area contributed by atoms with Gasteiger partial charge < -0.3 is 23.8 Å². The number of unbranched alkanes of at least 4 members (excludes halogenated alkanes) is 6. The summed E-state index contributed by atoms with van der Waals surface area (Å²) in [6.07, 6.45) is 8.12. The average Bonchev–Trinajstić information content (AvgIpc) is 2.89. The predicted molar refractivity (Wildman–Crippen MR) is 149 cm³/mol. The Morgan fingerprint density at radius 2 is 1.09 bits per heavy atom. The van der Waals surface area contributed by atoms with Gasteiger partial charge in [-0.1, -0.05) is 73.1 Å². The van der Waals surface area contributed by atoms with Gasteiger partial charge >= 0.3 is 75.6 Å². The van der Waals surface area contributed by atoms with E-state index in [0.29, 0.717) is 12.8 Å². The molecule has 0 saturated heterocycles. The van der Waals surface area contributed by atoms with Crippen molar-refractivity contribution in [1.82, 2.24) is 4.90 Å². The van der Waals surface area contributed by atoms with Crippen LogP contribution in [0.1, 0.15) is 98.8 Å². The van der Waals surface area contributed by atoms with Gasteiger partial charge in [0.2, 0.25) is 5.24 Å². The van der Waals surface area contributed by atoms with Crippen molar-refractivity contribution in [3.05, 3.63) is 0 Å². The number of hydrogen-bond donors (Lipinski definition) is 1. The fraction of sp³-hybridized carbons (Fsp3) is 0.917. The van der Waals surface area contributed by atoms with Gasteiger partial charge in [-0.05, 0) is 44.1 Å². The van der Waals surface area contributed by atoms with E-state index in [1.54, 1.807) is 0 Å². The van der Waals surface area contributed by atoms with Crippen molar-refractivity contribution >= 4 is 43.0 Å². The summed E-state index contributed by atoms with van der Waals surface area (Å²) in [5.74, 6) is -0.926. The van der Waals surface area contributed by atoms with Crippen LogP contribution < -0.4 is 59.1 Å². The van der Waals surface area contributed by atoms with Crippen LogP contribution in [0.4, 0.5) is 17.6 Å². The predicted octanol–water partition coefficient (Wildman–Crippen LogP) is -1.17. The molecule has 0 unspecified atom stereocenters. The smallest absolute Gasteiger partial charge is 0.743 e. The van der Waals surface area contributed by atoms with Crippen LogP contribution in [0.25, 0.3) is 0 Å². The Bertz CT molecular complexity index is 911. The molecule has 0 saturated carbocycles. The molecule has 0 aromatic carbocycles. The molecule has 0 aromatic heterocycles. The fourth-order valence-corrected chi connectivity index (χ4v) is 2.94. The average molecular weight is 730 g/mol. The number of hydrogen-bond acceptors (Lipinski definition) is 11. The van der Waals surface area contributed by atoms with Crippen LogP contribution in [0.2, 0.25) is 0 Å². The maximum atomic E-state index is 12.6. The SMILES string of the molecule is CCCCCCC(=O)Cl.CCCCCCC(=O)OCC(F)(F)S(=O)(=O)[O-].CCN(CC)CC.O=S(=O)([O-])C(F)(F)CO.[Na+].[Na+]. The molecule has 0 heterocycles. The van der Waals surface area contributed by atoms with Gasteiger partial charge in [0.15, 0.2) is 26.8 Å². The molecule has 1 N–H and O–H groups in total.